The first-order valence-corrected chi connectivity index (χ1v) is 11.1. The van der Waals surface area contributed by atoms with Crippen LogP contribution >= 0.6 is 24.0 Å². The molecule has 0 spiro atoms. The Kier molecular flexibility index (Phi) is 12.0. The smallest absolute Gasteiger partial charge is 0.194 e. The number of hydrogen-bond acceptors (Lipinski definition) is 4. The number of aliphatic imine (C=N–C) groups is 1. The van der Waals surface area contributed by atoms with Crippen LogP contribution in [0.5, 0.6) is 0 Å². The van der Waals surface area contributed by atoms with E-state index in [1.165, 1.54) is 24.0 Å². The summed E-state index contributed by atoms with van der Waals surface area (Å²) in [7, 11) is 2.07. The molecule has 0 radical (unpaired) electrons. The van der Waals surface area contributed by atoms with Gasteiger partial charge in [0.2, 0.25) is 0 Å². The zero-order valence-corrected chi connectivity index (χ0v) is 20.8. The van der Waals surface area contributed by atoms with Gasteiger partial charge in [0.25, 0.3) is 0 Å². The van der Waals surface area contributed by atoms with E-state index in [1.54, 1.807) is 0 Å². The molecule has 1 heterocycles. The molecule has 2 aliphatic rings. The summed E-state index contributed by atoms with van der Waals surface area (Å²) in [5, 5.41) is 3.38. The second-order valence-corrected chi connectivity index (χ2v) is 8.05. The lowest BCUT2D eigenvalue weighted by atomic mass is 10.1. The summed E-state index contributed by atoms with van der Waals surface area (Å²) < 4.78 is 17.2. The maximum Gasteiger partial charge on any atom is 0.194 e. The summed E-state index contributed by atoms with van der Waals surface area (Å²) in [6.45, 7) is 8.38. The van der Waals surface area contributed by atoms with Crippen molar-refractivity contribution in [3.8, 4) is 0 Å². The van der Waals surface area contributed by atoms with E-state index in [9.17, 15) is 0 Å². The van der Waals surface area contributed by atoms with Gasteiger partial charge in [-0.1, -0.05) is 24.3 Å². The van der Waals surface area contributed by atoms with Gasteiger partial charge in [-0.2, -0.15) is 0 Å². The summed E-state index contributed by atoms with van der Waals surface area (Å²) >= 11 is 0. The largest absolute Gasteiger partial charge is 0.381 e. The van der Waals surface area contributed by atoms with E-state index in [0.717, 1.165) is 64.2 Å². The van der Waals surface area contributed by atoms with Crippen LogP contribution in [-0.4, -0.2) is 63.5 Å². The van der Waals surface area contributed by atoms with Gasteiger partial charge in [0.1, 0.15) is 0 Å². The van der Waals surface area contributed by atoms with Gasteiger partial charge in [-0.25, -0.2) is 4.99 Å². The van der Waals surface area contributed by atoms with Crippen LogP contribution < -0.4 is 5.32 Å². The molecule has 0 amide bonds. The predicted octanol–water partition coefficient (Wildman–Crippen LogP) is 3.82. The molecule has 2 fully saturated rings. The maximum absolute atomic E-state index is 6.05. The van der Waals surface area contributed by atoms with E-state index < -0.39 is 0 Å². The summed E-state index contributed by atoms with van der Waals surface area (Å²) in [6, 6.07) is 8.55. The van der Waals surface area contributed by atoms with Gasteiger partial charge in [-0.05, 0) is 49.7 Å². The van der Waals surface area contributed by atoms with Gasteiger partial charge >= 0.3 is 0 Å². The highest BCUT2D eigenvalue weighted by atomic mass is 127. The van der Waals surface area contributed by atoms with Crippen molar-refractivity contribution in [3.63, 3.8) is 0 Å². The Morgan fingerprint density at radius 2 is 1.97 bits per heavy atom. The van der Waals surface area contributed by atoms with E-state index in [4.69, 9.17) is 19.2 Å². The molecular formula is C23H38IN3O3. The van der Waals surface area contributed by atoms with Crippen LogP contribution in [0.15, 0.2) is 29.3 Å². The molecule has 1 saturated heterocycles. The van der Waals surface area contributed by atoms with Crippen molar-refractivity contribution in [1.82, 2.24) is 10.2 Å². The van der Waals surface area contributed by atoms with Gasteiger partial charge in [0, 0.05) is 40.0 Å². The van der Waals surface area contributed by atoms with E-state index in [0.29, 0.717) is 19.3 Å². The number of rotatable bonds is 11. The van der Waals surface area contributed by atoms with Crippen LogP contribution in [0.25, 0.3) is 0 Å². The molecule has 1 aromatic carbocycles. The van der Waals surface area contributed by atoms with Crippen molar-refractivity contribution < 1.29 is 14.2 Å². The minimum absolute atomic E-state index is 0. The number of halogens is 1. The number of benzene rings is 1. The maximum atomic E-state index is 6.05. The molecule has 1 saturated carbocycles. The number of nitrogens with one attached hydrogen (secondary N) is 1. The van der Waals surface area contributed by atoms with Gasteiger partial charge in [0.05, 0.1) is 25.9 Å². The van der Waals surface area contributed by atoms with Gasteiger partial charge in [0.15, 0.2) is 5.96 Å². The number of ether oxygens (including phenoxy) is 3. The summed E-state index contributed by atoms with van der Waals surface area (Å²) in [6.07, 6.45) is 4.97. The Hall–Kier alpha value is -0.900. The van der Waals surface area contributed by atoms with Crippen LogP contribution in [-0.2, 0) is 27.4 Å². The number of guanidine groups is 1. The van der Waals surface area contributed by atoms with E-state index in [-0.39, 0.29) is 24.0 Å². The fourth-order valence-electron chi connectivity index (χ4n) is 3.35. The zero-order valence-electron chi connectivity index (χ0n) is 18.5. The average Bonchev–Trinajstić information content (AvgIpc) is 3.58. The molecule has 6 nitrogen and oxygen atoms in total. The summed E-state index contributed by atoms with van der Waals surface area (Å²) in [5.74, 6) is 1.73. The van der Waals surface area contributed by atoms with E-state index in [2.05, 4.69) is 48.5 Å². The quantitative estimate of drug-likeness (QED) is 0.204. The molecule has 1 aliphatic heterocycles. The number of hydrogen-bond donors (Lipinski definition) is 1. The fourth-order valence-corrected chi connectivity index (χ4v) is 3.35. The minimum atomic E-state index is 0. The molecule has 1 aromatic rings. The number of nitrogens with zero attached hydrogens (tertiary/aromatic N) is 2. The van der Waals surface area contributed by atoms with Crippen molar-refractivity contribution in [2.45, 2.75) is 51.9 Å². The highest BCUT2D eigenvalue weighted by Crippen LogP contribution is 2.28. The average molecular weight is 531 g/mol. The van der Waals surface area contributed by atoms with E-state index in [1.807, 2.05) is 0 Å². The molecule has 0 aromatic heterocycles. The summed E-state index contributed by atoms with van der Waals surface area (Å²) in [4.78, 5) is 6.97. The van der Waals surface area contributed by atoms with Crippen molar-refractivity contribution >= 4 is 29.9 Å². The lowest BCUT2D eigenvalue weighted by Crippen LogP contribution is -2.40. The van der Waals surface area contributed by atoms with Crippen LogP contribution in [0.1, 0.15) is 43.7 Å². The molecule has 0 unspecified atom stereocenters. The minimum Gasteiger partial charge on any atom is -0.381 e. The Balaban J connectivity index is 0.00000320. The molecular weight excluding hydrogens is 493 g/mol. The molecule has 3 rings (SSSR count). The van der Waals surface area contributed by atoms with Crippen LogP contribution in [0.4, 0.5) is 0 Å². The monoisotopic (exact) mass is 531 g/mol. The predicted molar refractivity (Wildman–Crippen MR) is 131 cm³/mol. The second kappa shape index (κ2) is 14.2. The molecule has 7 heteroatoms. The van der Waals surface area contributed by atoms with Crippen molar-refractivity contribution in [2.24, 2.45) is 10.9 Å². The van der Waals surface area contributed by atoms with Crippen molar-refractivity contribution in [1.29, 1.82) is 0 Å². The molecule has 0 atom stereocenters. The Labute approximate surface area is 198 Å². The third kappa shape index (κ3) is 9.49. The van der Waals surface area contributed by atoms with E-state index >= 15 is 0 Å². The lowest BCUT2D eigenvalue weighted by Gasteiger charge is -2.22. The van der Waals surface area contributed by atoms with Crippen molar-refractivity contribution in [2.75, 3.05) is 46.6 Å². The molecule has 1 N–H and O–H groups in total. The topological polar surface area (TPSA) is 55.3 Å². The molecule has 1 aliphatic carbocycles. The van der Waals surface area contributed by atoms with Crippen LogP contribution in [0.2, 0.25) is 0 Å². The molecule has 0 bridgehead atoms. The number of likely N-dealkylation sites (N-methyl/N-ethyl adjacent to an activating group) is 1. The fraction of sp³-hybridized carbons (Fsp3) is 0.696. The third-order valence-corrected chi connectivity index (χ3v) is 5.37. The molecule has 30 heavy (non-hydrogen) atoms. The highest BCUT2D eigenvalue weighted by Gasteiger charge is 2.21. The first kappa shape index (κ1) is 25.4. The van der Waals surface area contributed by atoms with Crippen LogP contribution in [0, 0.1) is 5.92 Å². The Morgan fingerprint density at radius 3 is 2.70 bits per heavy atom. The third-order valence-electron chi connectivity index (χ3n) is 5.37. The van der Waals surface area contributed by atoms with Crippen molar-refractivity contribution in [3.05, 3.63) is 35.4 Å². The normalized spacial score (nSPS) is 17.5. The zero-order chi connectivity index (χ0) is 20.3. The Bertz CT molecular complexity index is 634. The first-order chi connectivity index (χ1) is 14.2. The standard InChI is InChI=1S/C23H37N3O3.HI/c1-3-24-23(26(2)11-14-28-17-19-7-8-19)25-16-20-5-4-6-21(15-20)18-29-22-9-12-27-13-10-22;/h4-6,15,19,22H,3,7-14,16-18H2,1-2H3,(H,24,25);1H. The van der Waals surface area contributed by atoms with Crippen LogP contribution in [0.3, 0.4) is 0 Å². The molecule has 170 valence electrons. The second-order valence-electron chi connectivity index (χ2n) is 8.05. The van der Waals surface area contributed by atoms with Gasteiger partial charge in [-0.15, -0.1) is 24.0 Å². The Morgan fingerprint density at radius 1 is 1.20 bits per heavy atom. The first-order valence-electron chi connectivity index (χ1n) is 11.1. The lowest BCUT2D eigenvalue weighted by molar-refractivity contribution is -0.0390. The SMILES string of the molecule is CCNC(=NCc1cccc(COC2CCOCC2)c1)N(C)CCOCC1CC1.I. The summed E-state index contributed by atoms with van der Waals surface area (Å²) in [5.41, 5.74) is 2.41. The van der Waals surface area contributed by atoms with Gasteiger partial charge < -0.3 is 24.4 Å². The van der Waals surface area contributed by atoms with Gasteiger partial charge in [-0.3, -0.25) is 0 Å². The highest BCUT2D eigenvalue weighted by molar-refractivity contribution is 14.0.